The van der Waals surface area contributed by atoms with Gasteiger partial charge in [0.2, 0.25) is 5.95 Å². The summed E-state index contributed by atoms with van der Waals surface area (Å²) >= 11 is 12.8. The zero-order valence-electron chi connectivity index (χ0n) is 29.1. The highest BCUT2D eigenvalue weighted by Crippen LogP contribution is 2.32. The van der Waals surface area contributed by atoms with Gasteiger partial charge in [-0.2, -0.15) is 5.11 Å². The van der Waals surface area contributed by atoms with Crippen LogP contribution < -0.4 is 9.64 Å². The lowest BCUT2D eigenvalue weighted by Crippen LogP contribution is -2.35. The van der Waals surface area contributed by atoms with E-state index in [9.17, 15) is 4.79 Å². The number of unbranched alkanes of at least 4 members (excludes halogenated alkanes) is 2. The van der Waals surface area contributed by atoms with Crippen molar-refractivity contribution in [2.75, 3.05) is 58.3 Å². The molecule has 2 unspecified atom stereocenters. The van der Waals surface area contributed by atoms with Gasteiger partial charge in [-0.3, -0.25) is 4.79 Å². The Morgan fingerprint density at radius 2 is 1.86 bits per heavy atom. The Morgan fingerprint density at radius 3 is 2.64 bits per heavy atom. The second-order valence-corrected chi connectivity index (χ2v) is 14.0. The van der Waals surface area contributed by atoms with Crippen molar-refractivity contribution in [3.8, 4) is 5.75 Å². The molecular weight excluding hydrogens is 671 g/mol. The highest BCUT2D eigenvalue weighted by Gasteiger charge is 2.26. The number of ether oxygens (including phenoxy) is 1. The first-order valence-corrected chi connectivity index (χ1v) is 18.4. The van der Waals surface area contributed by atoms with Crippen molar-refractivity contribution in [1.82, 2.24) is 19.4 Å². The molecule has 3 heterocycles. The maximum Gasteiger partial charge on any atom is 0.257 e. The lowest BCUT2D eigenvalue weighted by atomic mass is 9.94. The molecule has 264 valence electrons. The standard InChI is InChI=1S/C38H46Cl2N8O2/c1-4-5-8-19-48-35-11-7-6-10-33(35)42-38(48)47-18-9-17-46(21-22-47)20-16-29(27-12-14-31(39)32(40)24-27)26-45(2)37(49)30-23-28(13-15-36(30)50-3)34-25-41-44-43-34/h6-7,10-15,23-25,29,34H,4-5,8-9,16-22,26H2,1-3H3. The van der Waals surface area contributed by atoms with Gasteiger partial charge in [0.15, 0.2) is 0 Å². The summed E-state index contributed by atoms with van der Waals surface area (Å²) in [5.41, 5.74) is 4.64. The predicted octanol–water partition coefficient (Wildman–Crippen LogP) is 8.49. The fourth-order valence-corrected chi connectivity index (χ4v) is 7.27. The highest BCUT2D eigenvalue weighted by molar-refractivity contribution is 6.42. The molecule has 1 fully saturated rings. The lowest BCUT2D eigenvalue weighted by molar-refractivity contribution is 0.0779. The van der Waals surface area contributed by atoms with Crippen LogP contribution in [0.15, 0.2) is 76.1 Å². The quantitative estimate of drug-likeness (QED) is 0.122. The van der Waals surface area contributed by atoms with Gasteiger partial charge in [-0.25, -0.2) is 4.98 Å². The number of anilines is 1. The molecule has 50 heavy (non-hydrogen) atoms. The lowest BCUT2D eigenvalue weighted by Gasteiger charge is -2.28. The van der Waals surface area contributed by atoms with Crippen LogP contribution in [0.4, 0.5) is 5.95 Å². The number of aryl methyl sites for hydroxylation is 1. The van der Waals surface area contributed by atoms with Crippen molar-refractivity contribution in [2.45, 2.75) is 57.5 Å². The molecule has 3 aromatic carbocycles. The van der Waals surface area contributed by atoms with Crippen molar-refractivity contribution in [2.24, 2.45) is 15.4 Å². The number of imidazole rings is 1. The number of fused-ring (bicyclic) bond motifs is 1. The number of likely N-dealkylation sites (N-methyl/N-ethyl adjacent to an activating group) is 1. The molecule has 2 aliphatic rings. The summed E-state index contributed by atoms with van der Waals surface area (Å²) in [6.07, 6.45) is 7.11. The number of rotatable bonds is 14. The van der Waals surface area contributed by atoms with Crippen LogP contribution in [0.3, 0.4) is 0 Å². The monoisotopic (exact) mass is 716 g/mol. The smallest absolute Gasteiger partial charge is 0.257 e. The van der Waals surface area contributed by atoms with E-state index in [-0.39, 0.29) is 17.9 Å². The molecular formula is C38H46Cl2N8O2. The van der Waals surface area contributed by atoms with E-state index in [0.29, 0.717) is 27.9 Å². The fourth-order valence-electron chi connectivity index (χ4n) is 6.96. The second kappa shape index (κ2) is 16.8. The Balaban J connectivity index is 1.16. The number of carbonyl (C=O) groups is 1. The minimum Gasteiger partial charge on any atom is -0.496 e. The van der Waals surface area contributed by atoms with E-state index < -0.39 is 0 Å². The number of methoxy groups -OCH3 is 1. The number of carbonyl (C=O) groups excluding carboxylic acids is 1. The van der Waals surface area contributed by atoms with Gasteiger partial charge in [-0.1, -0.05) is 67.2 Å². The Bertz CT molecular complexity index is 1830. The third-order valence-corrected chi connectivity index (χ3v) is 10.5. The average Bonchev–Trinajstić information content (AvgIpc) is 3.74. The SMILES string of the molecule is CCCCCn1c(N2CCCN(CCC(CN(C)C(=O)c3cc(C4C=NN=N4)ccc3OC)c3ccc(Cl)c(Cl)c3)CC2)nc2ccccc21. The first kappa shape index (κ1) is 35.8. The maximum absolute atomic E-state index is 14.0. The van der Waals surface area contributed by atoms with Crippen LogP contribution in [0.2, 0.25) is 10.0 Å². The van der Waals surface area contributed by atoms with Gasteiger partial charge >= 0.3 is 0 Å². The van der Waals surface area contributed by atoms with Crippen LogP contribution in [0.25, 0.3) is 11.0 Å². The first-order valence-electron chi connectivity index (χ1n) is 17.6. The van der Waals surface area contributed by atoms with Crippen molar-refractivity contribution >= 4 is 52.3 Å². The number of nitrogens with zero attached hydrogens (tertiary/aromatic N) is 8. The predicted molar refractivity (Wildman–Crippen MR) is 202 cm³/mol. The Kier molecular flexibility index (Phi) is 12.0. The molecule has 0 spiro atoms. The van der Waals surface area contributed by atoms with Crippen molar-refractivity contribution in [3.63, 3.8) is 0 Å². The second-order valence-electron chi connectivity index (χ2n) is 13.2. The number of hydrogen-bond donors (Lipinski definition) is 0. The van der Waals surface area contributed by atoms with Crippen molar-refractivity contribution in [1.29, 1.82) is 0 Å². The highest BCUT2D eigenvalue weighted by atomic mass is 35.5. The Labute approximate surface area is 304 Å². The molecule has 4 aromatic rings. The summed E-state index contributed by atoms with van der Waals surface area (Å²) in [6.45, 7) is 8.43. The molecule has 0 saturated carbocycles. The minimum atomic E-state index is -0.313. The van der Waals surface area contributed by atoms with Gasteiger partial charge < -0.3 is 24.0 Å². The fraction of sp³-hybridized carbons (Fsp3) is 0.447. The van der Waals surface area contributed by atoms with Gasteiger partial charge in [0, 0.05) is 45.7 Å². The van der Waals surface area contributed by atoms with Crippen LogP contribution in [-0.4, -0.2) is 84.9 Å². The third-order valence-electron chi connectivity index (χ3n) is 9.77. The van der Waals surface area contributed by atoms with Crippen LogP contribution in [0, 0.1) is 0 Å². The number of benzene rings is 3. The molecule has 6 rings (SSSR count). The van der Waals surface area contributed by atoms with E-state index in [2.05, 4.69) is 61.0 Å². The van der Waals surface area contributed by atoms with Crippen LogP contribution >= 0.6 is 23.2 Å². The molecule has 1 saturated heterocycles. The summed E-state index contributed by atoms with van der Waals surface area (Å²) in [7, 11) is 3.41. The Hall–Kier alpha value is -3.99. The molecule has 0 aliphatic carbocycles. The van der Waals surface area contributed by atoms with Crippen LogP contribution in [0.1, 0.15) is 72.5 Å². The van der Waals surface area contributed by atoms with E-state index >= 15 is 0 Å². The molecule has 1 amide bonds. The molecule has 12 heteroatoms. The van der Waals surface area contributed by atoms with E-state index in [4.69, 9.17) is 32.9 Å². The number of hydrogen-bond acceptors (Lipinski definition) is 8. The van der Waals surface area contributed by atoms with Gasteiger partial charge in [0.25, 0.3) is 5.91 Å². The van der Waals surface area contributed by atoms with E-state index in [1.807, 2.05) is 37.4 Å². The molecule has 2 atom stereocenters. The zero-order chi connectivity index (χ0) is 35.0. The van der Waals surface area contributed by atoms with Crippen LogP contribution in [-0.2, 0) is 6.54 Å². The molecule has 10 nitrogen and oxygen atoms in total. The van der Waals surface area contributed by atoms with Crippen molar-refractivity contribution < 1.29 is 9.53 Å². The van der Waals surface area contributed by atoms with Crippen LogP contribution in [0.5, 0.6) is 5.75 Å². The number of amides is 1. The molecule has 2 aliphatic heterocycles. The van der Waals surface area contributed by atoms with Gasteiger partial charge in [-0.05, 0) is 85.1 Å². The Morgan fingerprint density at radius 1 is 1.00 bits per heavy atom. The van der Waals surface area contributed by atoms with E-state index in [0.717, 1.165) is 81.1 Å². The average molecular weight is 718 g/mol. The van der Waals surface area contributed by atoms with Gasteiger partial charge in [0.1, 0.15) is 11.8 Å². The topological polar surface area (TPSA) is 90.9 Å². The minimum absolute atomic E-state index is 0.0331. The summed E-state index contributed by atoms with van der Waals surface area (Å²) in [6, 6.07) is 19.5. The maximum atomic E-state index is 14.0. The normalized spacial score (nSPS) is 17.0. The number of para-hydroxylation sites is 2. The molecule has 0 radical (unpaired) electrons. The third kappa shape index (κ3) is 8.30. The van der Waals surface area contributed by atoms with E-state index in [1.165, 1.54) is 18.4 Å². The largest absolute Gasteiger partial charge is 0.496 e. The zero-order valence-corrected chi connectivity index (χ0v) is 30.7. The summed E-state index contributed by atoms with van der Waals surface area (Å²) < 4.78 is 8.02. The molecule has 0 N–H and O–H groups in total. The molecule has 1 aromatic heterocycles. The number of halogens is 2. The van der Waals surface area contributed by atoms with E-state index in [1.54, 1.807) is 24.3 Å². The first-order chi connectivity index (χ1) is 24.4. The molecule has 0 bridgehead atoms. The number of aromatic nitrogens is 2. The summed E-state index contributed by atoms with van der Waals surface area (Å²) in [5, 5.41) is 12.8. The summed E-state index contributed by atoms with van der Waals surface area (Å²) in [4.78, 5) is 25.9. The van der Waals surface area contributed by atoms with Gasteiger partial charge in [0.05, 0.1) is 40.0 Å². The van der Waals surface area contributed by atoms with Gasteiger partial charge in [-0.15, -0.1) is 5.10 Å². The summed E-state index contributed by atoms with van der Waals surface area (Å²) in [5.74, 6) is 1.50. The van der Waals surface area contributed by atoms with Crippen molar-refractivity contribution in [3.05, 3.63) is 87.4 Å².